The highest BCUT2D eigenvalue weighted by molar-refractivity contribution is 5.70. The summed E-state index contributed by atoms with van der Waals surface area (Å²) in [6.07, 6.45) is 5.13. The van der Waals surface area contributed by atoms with E-state index in [2.05, 4.69) is 25.8 Å². The summed E-state index contributed by atoms with van der Waals surface area (Å²) < 4.78 is 10.1. The SMILES string of the molecule is CCOC(=O)COCCN(C)C1CCC(C)(C)CC1. The molecule has 19 heavy (non-hydrogen) atoms. The molecule has 0 heterocycles. The summed E-state index contributed by atoms with van der Waals surface area (Å²) in [4.78, 5) is 13.5. The number of hydrogen-bond donors (Lipinski definition) is 0. The molecular weight excluding hydrogens is 242 g/mol. The van der Waals surface area contributed by atoms with Crippen LogP contribution in [0.4, 0.5) is 0 Å². The smallest absolute Gasteiger partial charge is 0.332 e. The maximum absolute atomic E-state index is 11.1. The Morgan fingerprint density at radius 1 is 1.32 bits per heavy atom. The normalized spacial score (nSPS) is 19.6. The highest BCUT2D eigenvalue weighted by atomic mass is 16.6. The standard InChI is InChI=1S/C15H29NO3/c1-5-19-14(17)12-18-11-10-16(4)13-6-8-15(2,3)9-7-13/h13H,5-12H2,1-4H3. The third kappa shape index (κ3) is 6.39. The highest BCUT2D eigenvalue weighted by Gasteiger charge is 2.28. The summed E-state index contributed by atoms with van der Waals surface area (Å²) in [5, 5.41) is 0. The molecule has 1 fully saturated rings. The van der Waals surface area contributed by atoms with Gasteiger partial charge in [0.1, 0.15) is 6.61 Å². The van der Waals surface area contributed by atoms with E-state index in [9.17, 15) is 4.79 Å². The van der Waals surface area contributed by atoms with E-state index in [1.807, 2.05) is 0 Å². The predicted octanol–water partition coefficient (Wildman–Crippen LogP) is 2.47. The van der Waals surface area contributed by atoms with Crippen LogP contribution in [0, 0.1) is 5.41 Å². The van der Waals surface area contributed by atoms with Gasteiger partial charge in [0.25, 0.3) is 0 Å². The zero-order valence-electron chi connectivity index (χ0n) is 12.9. The lowest BCUT2D eigenvalue weighted by Gasteiger charge is -2.38. The van der Waals surface area contributed by atoms with Crippen molar-refractivity contribution >= 4 is 5.97 Å². The summed E-state index contributed by atoms with van der Waals surface area (Å²) in [7, 11) is 2.15. The van der Waals surface area contributed by atoms with Crippen molar-refractivity contribution in [3.63, 3.8) is 0 Å². The van der Waals surface area contributed by atoms with Crippen molar-refractivity contribution in [3.05, 3.63) is 0 Å². The molecule has 0 aromatic carbocycles. The Balaban J connectivity index is 2.11. The van der Waals surface area contributed by atoms with Gasteiger partial charge in [-0.1, -0.05) is 13.8 Å². The largest absolute Gasteiger partial charge is 0.464 e. The number of nitrogens with zero attached hydrogens (tertiary/aromatic N) is 1. The molecule has 0 saturated heterocycles. The highest BCUT2D eigenvalue weighted by Crippen LogP contribution is 2.36. The topological polar surface area (TPSA) is 38.8 Å². The van der Waals surface area contributed by atoms with E-state index in [0.717, 1.165) is 6.54 Å². The van der Waals surface area contributed by atoms with Crippen LogP contribution in [-0.2, 0) is 14.3 Å². The van der Waals surface area contributed by atoms with Crippen LogP contribution in [0.25, 0.3) is 0 Å². The molecule has 0 spiro atoms. The molecule has 1 aliphatic carbocycles. The van der Waals surface area contributed by atoms with E-state index in [-0.39, 0.29) is 12.6 Å². The van der Waals surface area contributed by atoms with Crippen LogP contribution in [0.15, 0.2) is 0 Å². The van der Waals surface area contributed by atoms with Crippen molar-refractivity contribution in [1.82, 2.24) is 4.90 Å². The molecule has 4 heteroatoms. The molecule has 0 N–H and O–H groups in total. The van der Waals surface area contributed by atoms with Gasteiger partial charge >= 0.3 is 5.97 Å². The Hall–Kier alpha value is -0.610. The Morgan fingerprint density at radius 3 is 2.53 bits per heavy atom. The Kier molecular flexibility index (Phi) is 6.80. The predicted molar refractivity (Wildman–Crippen MR) is 76.1 cm³/mol. The van der Waals surface area contributed by atoms with E-state index >= 15 is 0 Å². The summed E-state index contributed by atoms with van der Waals surface area (Å²) in [6.45, 7) is 8.46. The summed E-state index contributed by atoms with van der Waals surface area (Å²) in [6, 6.07) is 0.666. The average molecular weight is 271 g/mol. The first kappa shape index (κ1) is 16.4. The first-order chi connectivity index (χ1) is 8.94. The van der Waals surface area contributed by atoms with E-state index in [1.165, 1.54) is 25.7 Å². The molecule has 0 bridgehead atoms. The Labute approximate surface area is 117 Å². The average Bonchev–Trinajstić information content (AvgIpc) is 2.34. The Bertz CT molecular complexity index is 269. The van der Waals surface area contributed by atoms with Crippen molar-refractivity contribution < 1.29 is 14.3 Å². The fraction of sp³-hybridized carbons (Fsp3) is 0.933. The van der Waals surface area contributed by atoms with Gasteiger partial charge < -0.3 is 14.4 Å². The molecule has 112 valence electrons. The molecule has 0 radical (unpaired) electrons. The lowest BCUT2D eigenvalue weighted by molar-refractivity contribution is -0.148. The number of ether oxygens (including phenoxy) is 2. The van der Waals surface area contributed by atoms with E-state index < -0.39 is 0 Å². The van der Waals surface area contributed by atoms with Crippen LogP contribution in [-0.4, -0.2) is 50.3 Å². The lowest BCUT2D eigenvalue weighted by Crippen LogP contribution is -2.39. The second-order valence-electron chi connectivity index (χ2n) is 6.23. The van der Waals surface area contributed by atoms with Crippen LogP contribution >= 0.6 is 0 Å². The minimum absolute atomic E-state index is 0.0688. The number of hydrogen-bond acceptors (Lipinski definition) is 4. The molecule has 0 unspecified atom stereocenters. The van der Waals surface area contributed by atoms with Crippen LogP contribution in [0.3, 0.4) is 0 Å². The maximum atomic E-state index is 11.1. The first-order valence-electron chi connectivity index (χ1n) is 7.38. The number of carbonyl (C=O) groups excluding carboxylic acids is 1. The lowest BCUT2D eigenvalue weighted by atomic mass is 9.75. The fourth-order valence-electron chi connectivity index (χ4n) is 2.57. The third-order valence-corrected chi connectivity index (χ3v) is 4.05. The second-order valence-corrected chi connectivity index (χ2v) is 6.23. The molecule has 0 atom stereocenters. The minimum atomic E-state index is -0.274. The number of esters is 1. The fourth-order valence-corrected chi connectivity index (χ4v) is 2.57. The first-order valence-corrected chi connectivity index (χ1v) is 7.38. The van der Waals surface area contributed by atoms with Gasteiger partial charge in [0.2, 0.25) is 0 Å². The molecule has 0 aromatic rings. The molecule has 0 aromatic heterocycles. The van der Waals surface area contributed by atoms with Gasteiger partial charge in [-0.2, -0.15) is 0 Å². The van der Waals surface area contributed by atoms with Gasteiger partial charge in [-0.15, -0.1) is 0 Å². The molecule has 0 amide bonds. The summed E-state index contributed by atoms with van der Waals surface area (Å²) >= 11 is 0. The number of likely N-dealkylation sites (N-methyl/N-ethyl adjacent to an activating group) is 1. The van der Waals surface area contributed by atoms with Crippen molar-refractivity contribution in [2.45, 2.75) is 52.5 Å². The van der Waals surface area contributed by atoms with Gasteiger partial charge in [-0.05, 0) is 45.1 Å². The van der Waals surface area contributed by atoms with Crippen molar-refractivity contribution in [1.29, 1.82) is 0 Å². The quantitative estimate of drug-likeness (QED) is 0.527. The third-order valence-electron chi connectivity index (χ3n) is 4.05. The Morgan fingerprint density at radius 2 is 1.95 bits per heavy atom. The maximum Gasteiger partial charge on any atom is 0.332 e. The van der Waals surface area contributed by atoms with Gasteiger partial charge in [-0.25, -0.2) is 4.79 Å². The molecule has 0 aliphatic heterocycles. The number of rotatable bonds is 7. The second kappa shape index (κ2) is 7.85. The minimum Gasteiger partial charge on any atom is -0.464 e. The zero-order valence-corrected chi connectivity index (χ0v) is 12.9. The van der Waals surface area contributed by atoms with Crippen LogP contribution in [0.1, 0.15) is 46.5 Å². The summed E-state index contributed by atoms with van der Waals surface area (Å²) in [5.41, 5.74) is 0.512. The molecule has 1 saturated carbocycles. The monoisotopic (exact) mass is 271 g/mol. The molecular formula is C15H29NO3. The van der Waals surface area contributed by atoms with Crippen LogP contribution in [0.5, 0.6) is 0 Å². The number of carbonyl (C=O) groups is 1. The van der Waals surface area contributed by atoms with Crippen molar-refractivity contribution in [2.24, 2.45) is 5.41 Å². The zero-order chi connectivity index (χ0) is 14.3. The van der Waals surface area contributed by atoms with Gasteiger partial charge in [0.15, 0.2) is 0 Å². The summed E-state index contributed by atoms with van der Waals surface area (Å²) in [5.74, 6) is -0.274. The van der Waals surface area contributed by atoms with Gasteiger partial charge in [-0.3, -0.25) is 0 Å². The van der Waals surface area contributed by atoms with Crippen LogP contribution in [0.2, 0.25) is 0 Å². The molecule has 1 rings (SSSR count). The van der Waals surface area contributed by atoms with Crippen molar-refractivity contribution in [2.75, 3.05) is 33.4 Å². The van der Waals surface area contributed by atoms with Crippen molar-refractivity contribution in [3.8, 4) is 0 Å². The van der Waals surface area contributed by atoms with Gasteiger partial charge in [0.05, 0.1) is 13.2 Å². The van der Waals surface area contributed by atoms with E-state index in [0.29, 0.717) is 24.7 Å². The van der Waals surface area contributed by atoms with Crippen LogP contribution < -0.4 is 0 Å². The molecule has 4 nitrogen and oxygen atoms in total. The van der Waals surface area contributed by atoms with E-state index in [4.69, 9.17) is 9.47 Å². The molecule has 1 aliphatic rings. The van der Waals surface area contributed by atoms with E-state index in [1.54, 1.807) is 6.92 Å². The van der Waals surface area contributed by atoms with Gasteiger partial charge in [0, 0.05) is 12.6 Å².